The van der Waals surface area contributed by atoms with Gasteiger partial charge in [-0.3, -0.25) is 4.79 Å². The zero-order valence-electron chi connectivity index (χ0n) is 14.4. The van der Waals surface area contributed by atoms with E-state index in [-0.39, 0.29) is 12.6 Å². The summed E-state index contributed by atoms with van der Waals surface area (Å²) >= 11 is 0. The maximum Gasteiger partial charge on any atom is 0.338 e. The van der Waals surface area contributed by atoms with Gasteiger partial charge in [-0.15, -0.1) is 0 Å². The van der Waals surface area contributed by atoms with Crippen molar-refractivity contribution in [2.45, 2.75) is 20.5 Å². The average molecular weight is 351 g/mol. The normalized spacial score (nSPS) is 10.4. The lowest BCUT2D eigenvalue weighted by Gasteiger charge is -2.06. The van der Waals surface area contributed by atoms with Gasteiger partial charge in [0.25, 0.3) is 0 Å². The summed E-state index contributed by atoms with van der Waals surface area (Å²) in [7, 11) is 0. The van der Waals surface area contributed by atoms with Crippen LogP contribution in [0.1, 0.15) is 28.7 Å². The van der Waals surface area contributed by atoms with Crippen LogP contribution >= 0.6 is 0 Å². The maximum absolute atomic E-state index is 12.1. The van der Waals surface area contributed by atoms with Gasteiger partial charge in [-0.05, 0) is 42.3 Å². The lowest BCUT2D eigenvalue weighted by molar-refractivity contribution is -0.131. The molecule has 0 fully saturated rings. The Bertz CT molecular complexity index is 910. The summed E-state index contributed by atoms with van der Waals surface area (Å²) in [6.45, 7) is 3.20. The van der Waals surface area contributed by atoms with E-state index in [9.17, 15) is 9.59 Å². The number of aromatic nitrogens is 1. The maximum atomic E-state index is 12.1. The molecule has 0 aliphatic rings. The lowest BCUT2D eigenvalue weighted by Crippen LogP contribution is -2.04. The lowest BCUT2D eigenvalue weighted by atomic mass is 10.0. The van der Waals surface area contributed by atoms with Crippen LogP contribution in [-0.4, -0.2) is 17.1 Å². The molecule has 0 aliphatic carbocycles. The van der Waals surface area contributed by atoms with Gasteiger partial charge < -0.3 is 14.0 Å². The van der Waals surface area contributed by atoms with E-state index >= 15 is 0 Å². The van der Waals surface area contributed by atoms with Crippen molar-refractivity contribution in [1.29, 1.82) is 0 Å². The van der Waals surface area contributed by atoms with Crippen LogP contribution in [0, 0.1) is 6.92 Å². The number of esters is 2. The molecule has 3 rings (SSSR count). The molecular weight excluding hydrogens is 334 g/mol. The average Bonchev–Trinajstić information content (AvgIpc) is 3.05. The van der Waals surface area contributed by atoms with Crippen LogP contribution in [0.5, 0.6) is 5.75 Å². The van der Waals surface area contributed by atoms with Crippen LogP contribution in [0.25, 0.3) is 11.1 Å². The summed E-state index contributed by atoms with van der Waals surface area (Å²) in [6, 6.07) is 15.9. The molecule has 26 heavy (non-hydrogen) atoms. The van der Waals surface area contributed by atoms with Crippen LogP contribution in [0.15, 0.2) is 59.1 Å². The first-order valence-corrected chi connectivity index (χ1v) is 7.99. The molecule has 0 saturated heterocycles. The predicted molar refractivity (Wildman–Crippen MR) is 93.5 cm³/mol. The molecule has 0 amide bonds. The van der Waals surface area contributed by atoms with Gasteiger partial charge >= 0.3 is 11.9 Å². The van der Waals surface area contributed by atoms with Crippen LogP contribution in [-0.2, 0) is 16.1 Å². The van der Waals surface area contributed by atoms with Gasteiger partial charge in [-0.2, -0.15) is 0 Å². The summed E-state index contributed by atoms with van der Waals surface area (Å²) < 4.78 is 15.2. The molecule has 6 heteroatoms. The van der Waals surface area contributed by atoms with Gasteiger partial charge in [0.05, 0.1) is 11.3 Å². The number of nitrogens with zero attached hydrogens (tertiary/aromatic N) is 1. The Labute approximate surface area is 150 Å². The Morgan fingerprint density at radius 1 is 1.00 bits per heavy atom. The molecule has 0 radical (unpaired) electrons. The molecule has 1 aromatic heterocycles. The Balaban J connectivity index is 1.63. The number of hydrogen-bond donors (Lipinski definition) is 0. The van der Waals surface area contributed by atoms with Crippen LogP contribution in [0.2, 0.25) is 0 Å². The minimum absolute atomic E-state index is 0.0407. The van der Waals surface area contributed by atoms with Crippen molar-refractivity contribution < 1.29 is 23.6 Å². The molecule has 0 unspecified atom stereocenters. The van der Waals surface area contributed by atoms with Gasteiger partial charge in [0.15, 0.2) is 12.4 Å². The zero-order chi connectivity index (χ0) is 18.5. The fourth-order valence-electron chi connectivity index (χ4n) is 2.38. The number of hydrogen-bond acceptors (Lipinski definition) is 6. The molecular formula is C20H17NO5. The van der Waals surface area contributed by atoms with E-state index in [1.165, 1.54) is 6.92 Å². The highest BCUT2D eigenvalue weighted by atomic mass is 16.5. The van der Waals surface area contributed by atoms with Gasteiger partial charge in [0, 0.05) is 13.0 Å². The molecule has 0 bridgehead atoms. The van der Waals surface area contributed by atoms with Gasteiger partial charge in [0.1, 0.15) is 5.75 Å². The predicted octanol–water partition coefficient (Wildman–Crippen LogP) is 3.93. The minimum Gasteiger partial charge on any atom is -0.454 e. The third kappa shape index (κ3) is 4.36. The first kappa shape index (κ1) is 17.4. The first-order chi connectivity index (χ1) is 12.5. The number of aryl methyl sites for hydroxylation is 1. The van der Waals surface area contributed by atoms with Gasteiger partial charge in [-0.25, -0.2) is 4.79 Å². The van der Waals surface area contributed by atoms with E-state index in [1.54, 1.807) is 37.3 Å². The van der Waals surface area contributed by atoms with Crippen molar-refractivity contribution in [3.05, 3.63) is 71.6 Å². The van der Waals surface area contributed by atoms with E-state index < -0.39 is 5.97 Å². The van der Waals surface area contributed by atoms with Crippen LogP contribution in [0.4, 0.5) is 0 Å². The fraction of sp³-hybridized carbons (Fsp3) is 0.150. The summed E-state index contributed by atoms with van der Waals surface area (Å²) in [5, 5.41) is 3.74. The molecule has 3 aromatic rings. The Morgan fingerprint density at radius 2 is 1.62 bits per heavy atom. The van der Waals surface area contributed by atoms with Crippen molar-refractivity contribution >= 4 is 11.9 Å². The molecule has 2 aromatic carbocycles. The van der Waals surface area contributed by atoms with E-state index in [1.807, 2.05) is 24.3 Å². The highest BCUT2D eigenvalue weighted by Crippen LogP contribution is 2.23. The Hall–Kier alpha value is -3.41. The van der Waals surface area contributed by atoms with Crippen LogP contribution in [0.3, 0.4) is 0 Å². The molecule has 0 spiro atoms. The van der Waals surface area contributed by atoms with Crippen molar-refractivity contribution in [3.63, 3.8) is 0 Å². The third-order valence-corrected chi connectivity index (χ3v) is 3.59. The summed E-state index contributed by atoms with van der Waals surface area (Å²) in [6.07, 6.45) is 0. The van der Waals surface area contributed by atoms with E-state index in [2.05, 4.69) is 5.16 Å². The fourth-order valence-corrected chi connectivity index (χ4v) is 2.38. The number of carbonyl (C=O) groups is 2. The minimum atomic E-state index is -0.434. The van der Waals surface area contributed by atoms with Crippen molar-refractivity contribution in [1.82, 2.24) is 5.16 Å². The second-order valence-corrected chi connectivity index (χ2v) is 5.71. The third-order valence-electron chi connectivity index (χ3n) is 3.59. The summed E-state index contributed by atoms with van der Waals surface area (Å²) in [5.41, 5.74) is 3.06. The molecule has 0 atom stereocenters. The quantitative estimate of drug-likeness (QED) is 0.512. The summed E-state index contributed by atoms with van der Waals surface area (Å²) in [4.78, 5) is 23.0. The first-order valence-electron chi connectivity index (χ1n) is 7.99. The smallest absolute Gasteiger partial charge is 0.338 e. The molecule has 0 aliphatic heterocycles. The second-order valence-electron chi connectivity index (χ2n) is 5.71. The second kappa shape index (κ2) is 7.65. The molecule has 0 saturated carbocycles. The van der Waals surface area contributed by atoms with E-state index in [0.717, 1.165) is 16.8 Å². The zero-order valence-corrected chi connectivity index (χ0v) is 14.4. The largest absolute Gasteiger partial charge is 0.454 e. The molecule has 6 nitrogen and oxygen atoms in total. The Morgan fingerprint density at radius 3 is 2.15 bits per heavy atom. The van der Waals surface area contributed by atoms with Crippen LogP contribution < -0.4 is 4.74 Å². The number of benzene rings is 2. The molecule has 1 heterocycles. The van der Waals surface area contributed by atoms with Gasteiger partial charge in [-0.1, -0.05) is 29.4 Å². The van der Waals surface area contributed by atoms with Gasteiger partial charge in [0.2, 0.25) is 0 Å². The summed E-state index contributed by atoms with van der Waals surface area (Å²) in [5.74, 6) is 0.196. The molecule has 0 N–H and O–H groups in total. The van der Waals surface area contributed by atoms with E-state index in [4.69, 9.17) is 14.0 Å². The topological polar surface area (TPSA) is 78.6 Å². The highest BCUT2D eigenvalue weighted by molar-refractivity contribution is 5.90. The van der Waals surface area contributed by atoms with Crippen molar-refractivity contribution in [2.24, 2.45) is 0 Å². The highest BCUT2D eigenvalue weighted by Gasteiger charge is 2.10. The van der Waals surface area contributed by atoms with Crippen molar-refractivity contribution in [3.8, 4) is 16.9 Å². The molecule has 132 valence electrons. The van der Waals surface area contributed by atoms with Crippen molar-refractivity contribution in [2.75, 3.05) is 0 Å². The number of carbonyl (C=O) groups excluding carboxylic acids is 2. The standard InChI is InChI=1S/C20H17NO5/c1-13-11-19(26-21-13)12-24-20(23)17-5-3-15(4-6-17)16-7-9-18(10-8-16)25-14(2)22/h3-11H,12H2,1-2H3. The van der Waals surface area contributed by atoms with E-state index in [0.29, 0.717) is 17.1 Å². The Kier molecular flexibility index (Phi) is 5.12. The SMILES string of the molecule is CC(=O)Oc1ccc(-c2ccc(C(=O)OCc3cc(C)no3)cc2)cc1. The monoisotopic (exact) mass is 351 g/mol. The number of rotatable bonds is 5. The number of ether oxygens (including phenoxy) is 2.